The summed E-state index contributed by atoms with van der Waals surface area (Å²) in [6.45, 7) is 2.28. The molecule has 1 heterocycles. The molecule has 0 spiro atoms. The maximum atomic E-state index is 12.5. The first-order valence-corrected chi connectivity index (χ1v) is 7.83. The van der Waals surface area contributed by atoms with Gasteiger partial charge in [-0.15, -0.1) is 0 Å². The molecule has 1 aliphatic heterocycles. The van der Waals surface area contributed by atoms with E-state index < -0.39 is 0 Å². The van der Waals surface area contributed by atoms with Gasteiger partial charge in [0.25, 0.3) is 5.91 Å². The fraction of sp³-hybridized carbons (Fsp3) is 0.529. The zero-order valence-corrected chi connectivity index (χ0v) is 12.4. The maximum Gasteiger partial charge on any atom is 0.251 e. The van der Waals surface area contributed by atoms with Crippen LogP contribution in [-0.4, -0.2) is 23.9 Å². The second-order valence-corrected chi connectivity index (χ2v) is 6.28. The SMILES string of the molecule is CC1CCC(NC2CC(=O)N(c3ccccc3)C2=O)CC1. The Hall–Kier alpha value is -1.68. The molecule has 1 atom stereocenters. The van der Waals surface area contributed by atoms with Crippen LogP contribution in [0.3, 0.4) is 0 Å². The predicted molar refractivity (Wildman–Crippen MR) is 81.9 cm³/mol. The van der Waals surface area contributed by atoms with Crippen LogP contribution < -0.4 is 10.2 Å². The van der Waals surface area contributed by atoms with E-state index in [9.17, 15) is 9.59 Å². The van der Waals surface area contributed by atoms with Crippen LogP contribution in [0.2, 0.25) is 0 Å². The number of nitrogens with zero attached hydrogens (tertiary/aromatic N) is 1. The van der Waals surface area contributed by atoms with E-state index in [1.54, 1.807) is 12.1 Å². The van der Waals surface area contributed by atoms with Crippen molar-refractivity contribution in [1.82, 2.24) is 5.32 Å². The molecule has 3 rings (SSSR count). The van der Waals surface area contributed by atoms with Gasteiger partial charge in [0.2, 0.25) is 5.91 Å². The molecule has 2 aliphatic rings. The van der Waals surface area contributed by atoms with Crippen molar-refractivity contribution in [3.05, 3.63) is 30.3 Å². The van der Waals surface area contributed by atoms with Gasteiger partial charge in [-0.25, -0.2) is 4.90 Å². The first-order chi connectivity index (χ1) is 10.1. The van der Waals surface area contributed by atoms with Crippen LogP contribution in [0.4, 0.5) is 5.69 Å². The quantitative estimate of drug-likeness (QED) is 0.869. The van der Waals surface area contributed by atoms with E-state index in [1.165, 1.54) is 17.7 Å². The Bertz CT molecular complexity index is 521. The van der Waals surface area contributed by atoms with Crippen LogP contribution >= 0.6 is 0 Å². The van der Waals surface area contributed by atoms with E-state index in [2.05, 4.69) is 12.2 Å². The zero-order chi connectivity index (χ0) is 14.8. The third kappa shape index (κ3) is 3.00. The third-order valence-corrected chi connectivity index (χ3v) is 4.61. The number of imide groups is 1. The van der Waals surface area contributed by atoms with Gasteiger partial charge < -0.3 is 5.32 Å². The molecule has 2 amide bonds. The molecule has 112 valence electrons. The lowest BCUT2D eigenvalue weighted by molar-refractivity contribution is -0.121. The summed E-state index contributed by atoms with van der Waals surface area (Å²) < 4.78 is 0. The lowest BCUT2D eigenvalue weighted by atomic mass is 9.87. The summed E-state index contributed by atoms with van der Waals surface area (Å²) in [7, 11) is 0. The van der Waals surface area contributed by atoms with Gasteiger partial charge >= 0.3 is 0 Å². The third-order valence-electron chi connectivity index (χ3n) is 4.61. The lowest BCUT2D eigenvalue weighted by Crippen LogP contribution is -2.45. The van der Waals surface area contributed by atoms with Gasteiger partial charge in [0, 0.05) is 6.04 Å². The standard InChI is InChI=1S/C17H22N2O2/c1-12-7-9-13(10-8-12)18-15-11-16(20)19(17(15)21)14-5-3-2-4-6-14/h2-6,12-13,15,18H,7-11H2,1H3. The minimum absolute atomic E-state index is 0.104. The van der Waals surface area contributed by atoms with Gasteiger partial charge in [-0.1, -0.05) is 25.1 Å². The zero-order valence-electron chi connectivity index (χ0n) is 12.4. The average Bonchev–Trinajstić information content (AvgIpc) is 2.77. The molecule has 2 fully saturated rings. The molecule has 1 saturated heterocycles. The van der Waals surface area contributed by atoms with Crippen molar-refractivity contribution in [1.29, 1.82) is 0 Å². The van der Waals surface area contributed by atoms with E-state index in [0.717, 1.165) is 18.8 Å². The minimum Gasteiger partial charge on any atom is -0.303 e. The molecule has 4 nitrogen and oxygen atoms in total. The highest BCUT2D eigenvalue weighted by Crippen LogP contribution is 2.26. The number of carbonyl (C=O) groups is 2. The van der Waals surface area contributed by atoms with Crippen LogP contribution in [0.1, 0.15) is 39.0 Å². The molecule has 21 heavy (non-hydrogen) atoms. The van der Waals surface area contributed by atoms with Crippen molar-refractivity contribution in [3.8, 4) is 0 Å². The number of benzene rings is 1. The summed E-state index contributed by atoms with van der Waals surface area (Å²) in [6.07, 6.45) is 4.89. The van der Waals surface area contributed by atoms with E-state index >= 15 is 0 Å². The summed E-state index contributed by atoms with van der Waals surface area (Å²) in [5, 5.41) is 3.41. The normalized spacial score (nSPS) is 30.0. The topological polar surface area (TPSA) is 49.4 Å². The van der Waals surface area contributed by atoms with Crippen molar-refractivity contribution in [2.24, 2.45) is 5.92 Å². The smallest absolute Gasteiger partial charge is 0.251 e. The Morgan fingerprint density at radius 3 is 2.38 bits per heavy atom. The molecule has 1 aromatic rings. The highest BCUT2D eigenvalue weighted by atomic mass is 16.2. The van der Waals surface area contributed by atoms with Crippen LogP contribution in [0.5, 0.6) is 0 Å². The van der Waals surface area contributed by atoms with Crippen LogP contribution in [0, 0.1) is 5.92 Å². The molecular formula is C17H22N2O2. The van der Waals surface area contributed by atoms with Crippen molar-refractivity contribution in [2.45, 2.75) is 51.1 Å². The highest BCUT2D eigenvalue weighted by Gasteiger charge is 2.40. The van der Waals surface area contributed by atoms with Crippen LogP contribution in [0.15, 0.2) is 30.3 Å². The van der Waals surface area contributed by atoms with E-state index in [4.69, 9.17) is 0 Å². The Balaban J connectivity index is 1.66. The summed E-state index contributed by atoms with van der Waals surface area (Å²) in [5.41, 5.74) is 0.675. The number of para-hydroxylation sites is 1. The van der Waals surface area contributed by atoms with Crippen LogP contribution in [0.25, 0.3) is 0 Å². The largest absolute Gasteiger partial charge is 0.303 e. The van der Waals surface area contributed by atoms with Gasteiger partial charge in [0.05, 0.1) is 18.2 Å². The number of anilines is 1. The second kappa shape index (κ2) is 5.98. The summed E-state index contributed by atoms with van der Waals surface area (Å²) in [4.78, 5) is 26.0. The highest BCUT2D eigenvalue weighted by molar-refractivity contribution is 6.22. The number of hydrogen-bond acceptors (Lipinski definition) is 3. The molecule has 0 radical (unpaired) electrons. The Labute approximate surface area is 125 Å². The fourth-order valence-electron chi connectivity index (χ4n) is 3.32. The molecule has 0 bridgehead atoms. The fourth-order valence-corrected chi connectivity index (χ4v) is 3.32. The first-order valence-electron chi connectivity index (χ1n) is 7.83. The Kier molecular flexibility index (Phi) is 4.06. The molecule has 4 heteroatoms. The number of carbonyl (C=O) groups excluding carboxylic acids is 2. The van der Waals surface area contributed by atoms with Gasteiger partial charge in [-0.2, -0.15) is 0 Å². The second-order valence-electron chi connectivity index (χ2n) is 6.28. The Morgan fingerprint density at radius 1 is 1.05 bits per heavy atom. The summed E-state index contributed by atoms with van der Waals surface area (Å²) in [5.74, 6) is 0.572. The Morgan fingerprint density at radius 2 is 1.71 bits per heavy atom. The molecule has 1 unspecified atom stereocenters. The lowest BCUT2D eigenvalue weighted by Gasteiger charge is -2.28. The number of nitrogens with one attached hydrogen (secondary N) is 1. The van der Waals surface area contributed by atoms with E-state index in [-0.39, 0.29) is 24.3 Å². The van der Waals surface area contributed by atoms with Gasteiger partial charge in [-0.3, -0.25) is 9.59 Å². The molecule has 1 N–H and O–H groups in total. The van der Waals surface area contributed by atoms with E-state index in [1.807, 2.05) is 18.2 Å². The molecule has 1 aliphatic carbocycles. The minimum atomic E-state index is -0.351. The van der Waals surface area contributed by atoms with Crippen molar-refractivity contribution < 1.29 is 9.59 Å². The van der Waals surface area contributed by atoms with Gasteiger partial charge in [0.15, 0.2) is 0 Å². The molecular weight excluding hydrogens is 264 g/mol. The molecule has 1 aromatic carbocycles. The van der Waals surface area contributed by atoms with Crippen LogP contribution in [-0.2, 0) is 9.59 Å². The monoisotopic (exact) mass is 286 g/mol. The van der Waals surface area contributed by atoms with Crippen molar-refractivity contribution in [3.63, 3.8) is 0 Å². The molecule has 1 saturated carbocycles. The number of rotatable bonds is 3. The average molecular weight is 286 g/mol. The predicted octanol–water partition coefficient (Wildman–Crippen LogP) is 2.49. The summed E-state index contributed by atoms with van der Waals surface area (Å²) in [6, 6.07) is 9.21. The summed E-state index contributed by atoms with van der Waals surface area (Å²) >= 11 is 0. The van der Waals surface area contributed by atoms with E-state index in [0.29, 0.717) is 11.7 Å². The van der Waals surface area contributed by atoms with Crippen molar-refractivity contribution in [2.75, 3.05) is 4.90 Å². The number of amides is 2. The van der Waals surface area contributed by atoms with Crippen molar-refractivity contribution >= 4 is 17.5 Å². The molecule has 0 aromatic heterocycles. The maximum absolute atomic E-state index is 12.5. The van der Waals surface area contributed by atoms with Gasteiger partial charge in [0.1, 0.15) is 0 Å². The number of hydrogen-bond donors (Lipinski definition) is 1. The van der Waals surface area contributed by atoms with Gasteiger partial charge in [-0.05, 0) is 43.7 Å². The first kappa shape index (κ1) is 14.3.